The summed E-state index contributed by atoms with van der Waals surface area (Å²) in [5.74, 6) is -5.32. The first-order valence-corrected chi connectivity index (χ1v) is 8.77. The molecule has 0 unspecified atom stereocenters. The Kier molecular flexibility index (Phi) is 5.98. The van der Waals surface area contributed by atoms with E-state index in [1.165, 1.54) is 24.4 Å². The summed E-state index contributed by atoms with van der Waals surface area (Å²) in [4.78, 5) is 26.8. The van der Waals surface area contributed by atoms with Crippen LogP contribution in [0.1, 0.15) is 16.1 Å². The number of sulfone groups is 1. The van der Waals surface area contributed by atoms with Crippen molar-refractivity contribution in [3.8, 4) is 0 Å². The number of halogens is 2. The number of hydrogen-bond acceptors (Lipinski definition) is 6. The standard InChI is InChI=1S/C16H14F2N2O5S/c1-10-6-7-11(8-19-10)15(22)25-9-14(21)20-12-4-2-3-5-13(12)26(23,24)16(17)18/h2-8,16H,9H2,1H3,(H,20,21). The van der Waals surface area contributed by atoms with Crippen LogP contribution in [0.5, 0.6) is 0 Å². The van der Waals surface area contributed by atoms with Gasteiger partial charge in [0.05, 0.1) is 16.1 Å². The number of hydrogen-bond donors (Lipinski definition) is 1. The second-order valence-electron chi connectivity index (χ2n) is 5.11. The van der Waals surface area contributed by atoms with E-state index in [1.54, 1.807) is 13.0 Å². The highest BCUT2D eigenvalue weighted by Gasteiger charge is 2.29. The average molecular weight is 384 g/mol. The predicted octanol–water partition coefficient (Wildman–Crippen LogP) is 2.18. The number of para-hydroxylation sites is 1. The van der Waals surface area contributed by atoms with Gasteiger partial charge >= 0.3 is 11.7 Å². The molecule has 0 atom stereocenters. The van der Waals surface area contributed by atoms with Gasteiger partial charge in [0.1, 0.15) is 0 Å². The fourth-order valence-electron chi connectivity index (χ4n) is 1.90. The van der Waals surface area contributed by atoms with E-state index < -0.39 is 39.0 Å². The Morgan fingerprint density at radius 3 is 2.50 bits per heavy atom. The molecule has 0 saturated heterocycles. The number of aryl methyl sites for hydroxylation is 1. The third-order valence-corrected chi connectivity index (χ3v) is 4.62. The van der Waals surface area contributed by atoms with Crippen LogP contribution < -0.4 is 5.32 Å². The largest absolute Gasteiger partial charge is 0.452 e. The lowest BCUT2D eigenvalue weighted by Crippen LogP contribution is -2.23. The number of alkyl halides is 2. The molecular formula is C16H14F2N2O5S. The molecule has 2 rings (SSSR count). The van der Waals surface area contributed by atoms with Crippen LogP contribution in [0.4, 0.5) is 14.5 Å². The van der Waals surface area contributed by atoms with Gasteiger partial charge in [0.2, 0.25) is 9.84 Å². The third-order valence-electron chi connectivity index (χ3n) is 3.18. The first-order valence-electron chi connectivity index (χ1n) is 7.22. The molecule has 1 amide bonds. The van der Waals surface area contributed by atoms with Crippen molar-refractivity contribution in [3.63, 3.8) is 0 Å². The quantitative estimate of drug-likeness (QED) is 0.766. The van der Waals surface area contributed by atoms with Gasteiger partial charge in [0.25, 0.3) is 5.91 Å². The summed E-state index contributed by atoms with van der Waals surface area (Å²) in [6, 6.07) is 7.76. The molecule has 0 aliphatic rings. The highest BCUT2D eigenvalue weighted by molar-refractivity contribution is 7.91. The number of rotatable bonds is 6. The monoisotopic (exact) mass is 384 g/mol. The number of aromatic nitrogens is 1. The maximum absolute atomic E-state index is 12.7. The normalized spacial score (nSPS) is 11.2. The molecule has 0 saturated carbocycles. The minimum atomic E-state index is -4.90. The molecule has 0 aliphatic heterocycles. The van der Waals surface area contributed by atoms with Gasteiger partial charge in [-0.25, -0.2) is 13.2 Å². The van der Waals surface area contributed by atoms with Crippen LogP contribution in [0, 0.1) is 6.92 Å². The number of esters is 1. The molecule has 7 nitrogen and oxygen atoms in total. The van der Waals surface area contributed by atoms with Gasteiger partial charge in [-0.1, -0.05) is 12.1 Å². The van der Waals surface area contributed by atoms with E-state index in [-0.39, 0.29) is 11.3 Å². The Hall–Kier alpha value is -2.88. The van der Waals surface area contributed by atoms with Crippen molar-refractivity contribution in [2.45, 2.75) is 17.6 Å². The molecule has 10 heteroatoms. The zero-order valence-electron chi connectivity index (χ0n) is 13.5. The molecule has 2 aromatic rings. The SMILES string of the molecule is Cc1ccc(C(=O)OCC(=O)Nc2ccccc2S(=O)(=O)C(F)F)cn1. The van der Waals surface area contributed by atoms with Crippen LogP contribution in [0.25, 0.3) is 0 Å². The highest BCUT2D eigenvalue weighted by Crippen LogP contribution is 2.26. The van der Waals surface area contributed by atoms with Crippen molar-refractivity contribution >= 4 is 27.4 Å². The van der Waals surface area contributed by atoms with Gasteiger partial charge < -0.3 is 10.1 Å². The van der Waals surface area contributed by atoms with Crippen LogP contribution in [0.3, 0.4) is 0 Å². The summed E-state index contributed by atoms with van der Waals surface area (Å²) >= 11 is 0. The number of pyridine rings is 1. The number of amides is 1. The number of ether oxygens (including phenoxy) is 1. The van der Waals surface area contributed by atoms with Crippen LogP contribution in [-0.4, -0.2) is 37.6 Å². The Labute approximate surface area is 147 Å². The zero-order chi connectivity index (χ0) is 19.3. The third kappa shape index (κ3) is 4.60. The minimum Gasteiger partial charge on any atom is -0.452 e. The van der Waals surface area contributed by atoms with Gasteiger partial charge in [-0.05, 0) is 31.2 Å². The molecule has 1 aromatic carbocycles. The number of nitrogens with zero attached hydrogens (tertiary/aromatic N) is 1. The minimum absolute atomic E-state index is 0.129. The van der Waals surface area contributed by atoms with E-state index in [2.05, 4.69) is 10.3 Å². The Morgan fingerprint density at radius 1 is 1.19 bits per heavy atom. The Balaban J connectivity index is 2.05. The van der Waals surface area contributed by atoms with Crippen molar-refractivity contribution in [1.82, 2.24) is 4.98 Å². The summed E-state index contributed by atoms with van der Waals surface area (Å²) in [5, 5.41) is 2.14. The van der Waals surface area contributed by atoms with Gasteiger partial charge in [-0.15, -0.1) is 0 Å². The van der Waals surface area contributed by atoms with Crippen molar-refractivity contribution in [2.75, 3.05) is 11.9 Å². The van der Waals surface area contributed by atoms with Crippen LogP contribution in [0.15, 0.2) is 47.5 Å². The van der Waals surface area contributed by atoms with Crippen LogP contribution in [0.2, 0.25) is 0 Å². The highest BCUT2D eigenvalue weighted by atomic mass is 32.2. The molecule has 0 bridgehead atoms. The van der Waals surface area contributed by atoms with E-state index in [4.69, 9.17) is 4.74 Å². The Morgan fingerprint density at radius 2 is 1.88 bits per heavy atom. The Bertz CT molecular complexity index is 914. The average Bonchev–Trinajstić information content (AvgIpc) is 2.60. The summed E-state index contributed by atoms with van der Waals surface area (Å²) in [6.45, 7) is 1.00. The fraction of sp³-hybridized carbons (Fsp3) is 0.188. The van der Waals surface area contributed by atoms with Gasteiger partial charge in [-0.2, -0.15) is 8.78 Å². The lowest BCUT2D eigenvalue weighted by atomic mass is 10.2. The lowest BCUT2D eigenvalue weighted by Gasteiger charge is -2.11. The van der Waals surface area contributed by atoms with Crippen molar-refractivity contribution in [3.05, 3.63) is 53.9 Å². The van der Waals surface area contributed by atoms with Gasteiger partial charge in [-0.3, -0.25) is 9.78 Å². The molecule has 1 N–H and O–H groups in total. The summed E-state index contributed by atoms with van der Waals surface area (Å²) in [6.07, 6.45) is 1.28. The van der Waals surface area contributed by atoms with Gasteiger partial charge in [0.15, 0.2) is 6.61 Å². The number of benzene rings is 1. The first kappa shape index (κ1) is 19.4. The topological polar surface area (TPSA) is 102 Å². The molecule has 138 valence electrons. The van der Waals surface area contributed by atoms with E-state index in [1.807, 2.05) is 0 Å². The summed E-state index contributed by atoms with van der Waals surface area (Å²) in [7, 11) is -4.90. The van der Waals surface area contributed by atoms with E-state index in [0.717, 1.165) is 12.1 Å². The second kappa shape index (κ2) is 8.00. The molecule has 0 spiro atoms. The first-order chi connectivity index (χ1) is 12.2. The maximum Gasteiger partial charge on any atom is 0.341 e. The number of carbonyl (C=O) groups is 2. The predicted molar refractivity (Wildman–Crippen MR) is 87.5 cm³/mol. The lowest BCUT2D eigenvalue weighted by molar-refractivity contribution is -0.119. The maximum atomic E-state index is 12.7. The zero-order valence-corrected chi connectivity index (χ0v) is 14.3. The smallest absolute Gasteiger partial charge is 0.341 e. The van der Waals surface area contributed by atoms with Gasteiger partial charge in [0, 0.05) is 11.9 Å². The van der Waals surface area contributed by atoms with Crippen LogP contribution >= 0.6 is 0 Å². The molecular weight excluding hydrogens is 370 g/mol. The van der Waals surface area contributed by atoms with Crippen molar-refractivity contribution in [2.24, 2.45) is 0 Å². The molecule has 0 radical (unpaired) electrons. The number of anilines is 1. The summed E-state index contributed by atoms with van der Waals surface area (Å²) < 4.78 is 53.4. The van der Waals surface area contributed by atoms with Crippen LogP contribution in [-0.2, 0) is 19.4 Å². The number of nitrogens with one attached hydrogen (secondary N) is 1. The fourth-order valence-corrected chi connectivity index (χ4v) is 2.79. The molecule has 1 heterocycles. The van der Waals surface area contributed by atoms with E-state index >= 15 is 0 Å². The van der Waals surface area contributed by atoms with E-state index in [9.17, 15) is 26.8 Å². The molecule has 0 aliphatic carbocycles. The molecule has 1 aromatic heterocycles. The van der Waals surface area contributed by atoms with Crippen molar-refractivity contribution < 1.29 is 31.5 Å². The second-order valence-corrected chi connectivity index (χ2v) is 7.00. The molecule has 26 heavy (non-hydrogen) atoms. The van der Waals surface area contributed by atoms with E-state index in [0.29, 0.717) is 5.69 Å². The summed E-state index contributed by atoms with van der Waals surface area (Å²) in [5.41, 5.74) is 0.492. The number of carbonyl (C=O) groups excluding carboxylic acids is 2. The molecule has 0 fully saturated rings. The van der Waals surface area contributed by atoms with Crippen molar-refractivity contribution in [1.29, 1.82) is 0 Å².